The van der Waals surface area contributed by atoms with Crippen LogP contribution in [0.5, 0.6) is 5.88 Å². The van der Waals surface area contributed by atoms with Crippen molar-refractivity contribution in [2.24, 2.45) is 5.41 Å². The molecule has 0 radical (unpaired) electrons. The third-order valence-corrected chi connectivity index (χ3v) is 3.63. The monoisotopic (exact) mass is 235 g/mol. The van der Waals surface area contributed by atoms with E-state index < -0.39 is 0 Å². The van der Waals surface area contributed by atoms with Crippen LogP contribution in [-0.2, 0) is 4.74 Å². The number of rotatable bonds is 1. The van der Waals surface area contributed by atoms with E-state index in [1.54, 1.807) is 7.11 Å². The number of nitrogens with zero attached hydrogens (tertiary/aromatic N) is 1. The molecule has 0 saturated carbocycles. The second kappa shape index (κ2) is 3.77. The molecule has 1 fully saturated rings. The summed E-state index contributed by atoms with van der Waals surface area (Å²) in [4.78, 5) is 4.43. The lowest BCUT2D eigenvalue weighted by atomic mass is 9.85. The first-order valence-corrected chi connectivity index (χ1v) is 5.84. The average Bonchev–Trinajstić information content (AvgIpc) is 2.63. The molecule has 17 heavy (non-hydrogen) atoms. The first kappa shape index (κ1) is 10.7. The van der Waals surface area contributed by atoms with Crippen molar-refractivity contribution in [3.63, 3.8) is 0 Å². The molecule has 1 aromatic heterocycles. The Bertz CT molecular complexity index is 438. The second-order valence-electron chi connectivity index (χ2n) is 4.97. The van der Waals surface area contributed by atoms with E-state index in [2.05, 4.69) is 22.5 Å². The van der Waals surface area contributed by atoms with Crippen molar-refractivity contribution in [3.05, 3.63) is 12.1 Å². The van der Waals surface area contributed by atoms with Crippen molar-refractivity contribution in [1.82, 2.24) is 4.98 Å². The van der Waals surface area contributed by atoms with Crippen LogP contribution in [0.2, 0.25) is 0 Å². The maximum atomic E-state index is 5.56. The number of hydrogen-bond donors (Lipinski definition) is 2. The molecule has 5 heteroatoms. The van der Waals surface area contributed by atoms with Gasteiger partial charge in [0.15, 0.2) is 5.82 Å². The summed E-state index contributed by atoms with van der Waals surface area (Å²) in [6.07, 6.45) is 0. The van der Waals surface area contributed by atoms with Gasteiger partial charge in [0.25, 0.3) is 0 Å². The van der Waals surface area contributed by atoms with Gasteiger partial charge in [-0.2, -0.15) is 4.98 Å². The number of nitrogens with one attached hydrogen (secondary N) is 2. The Morgan fingerprint density at radius 2 is 2.41 bits per heavy atom. The van der Waals surface area contributed by atoms with Crippen molar-refractivity contribution in [3.8, 4) is 5.88 Å². The number of hydrogen-bond acceptors (Lipinski definition) is 5. The molecule has 0 aliphatic carbocycles. The van der Waals surface area contributed by atoms with Gasteiger partial charge in [0, 0.05) is 18.0 Å². The standard InChI is InChI=1S/C12H17N3O2/c1-12-6-13-8-3-4-10(16-2)15-11(8)14-9(12)5-17-7-12/h3-4,9,13H,5-7H2,1-2H3,(H,14,15). The molecule has 2 unspecified atom stereocenters. The van der Waals surface area contributed by atoms with E-state index in [9.17, 15) is 0 Å². The first-order valence-electron chi connectivity index (χ1n) is 5.84. The summed E-state index contributed by atoms with van der Waals surface area (Å²) >= 11 is 0. The summed E-state index contributed by atoms with van der Waals surface area (Å²) in [6.45, 7) is 4.64. The van der Waals surface area contributed by atoms with Crippen LogP contribution >= 0.6 is 0 Å². The highest BCUT2D eigenvalue weighted by atomic mass is 16.5. The lowest BCUT2D eigenvalue weighted by Crippen LogP contribution is -2.40. The highest BCUT2D eigenvalue weighted by Crippen LogP contribution is 2.36. The van der Waals surface area contributed by atoms with Gasteiger partial charge in [-0.15, -0.1) is 0 Å². The summed E-state index contributed by atoms with van der Waals surface area (Å²) < 4.78 is 10.7. The fourth-order valence-electron chi connectivity index (χ4n) is 2.37. The summed E-state index contributed by atoms with van der Waals surface area (Å²) in [5.74, 6) is 1.48. The van der Waals surface area contributed by atoms with E-state index in [0.29, 0.717) is 11.9 Å². The smallest absolute Gasteiger partial charge is 0.215 e. The van der Waals surface area contributed by atoms with Gasteiger partial charge in [-0.05, 0) is 6.07 Å². The predicted molar refractivity (Wildman–Crippen MR) is 65.6 cm³/mol. The third kappa shape index (κ3) is 1.70. The average molecular weight is 235 g/mol. The van der Waals surface area contributed by atoms with Gasteiger partial charge >= 0.3 is 0 Å². The van der Waals surface area contributed by atoms with Gasteiger partial charge < -0.3 is 20.1 Å². The van der Waals surface area contributed by atoms with Crippen molar-refractivity contribution < 1.29 is 9.47 Å². The highest BCUT2D eigenvalue weighted by Gasteiger charge is 2.42. The van der Waals surface area contributed by atoms with Gasteiger partial charge in [0.2, 0.25) is 5.88 Å². The van der Waals surface area contributed by atoms with Crippen LogP contribution in [0, 0.1) is 5.41 Å². The van der Waals surface area contributed by atoms with E-state index in [1.165, 1.54) is 0 Å². The Kier molecular flexibility index (Phi) is 2.36. The Morgan fingerprint density at radius 3 is 3.24 bits per heavy atom. The van der Waals surface area contributed by atoms with E-state index in [0.717, 1.165) is 31.3 Å². The molecular formula is C12H17N3O2. The molecule has 2 aliphatic heterocycles. The van der Waals surface area contributed by atoms with E-state index in [1.807, 2.05) is 12.1 Å². The van der Waals surface area contributed by atoms with Crippen LogP contribution in [0.1, 0.15) is 6.92 Å². The SMILES string of the molecule is COc1ccc2c(n1)NC1COCC1(C)CN2. The van der Waals surface area contributed by atoms with E-state index >= 15 is 0 Å². The zero-order valence-electron chi connectivity index (χ0n) is 10.1. The molecule has 2 aliphatic rings. The number of ether oxygens (including phenoxy) is 2. The largest absolute Gasteiger partial charge is 0.481 e. The summed E-state index contributed by atoms with van der Waals surface area (Å²) in [5.41, 5.74) is 1.15. The molecule has 5 nitrogen and oxygen atoms in total. The molecule has 92 valence electrons. The van der Waals surface area contributed by atoms with Gasteiger partial charge in [-0.3, -0.25) is 0 Å². The molecule has 1 saturated heterocycles. The zero-order chi connectivity index (χ0) is 11.9. The maximum Gasteiger partial charge on any atom is 0.215 e. The quantitative estimate of drug-likeness (QED) is 0.769. The lowest BCUT2D eigenvalue weighted by molar-refractivity contribution is 0.164. The Hall–Kier alpha value is -1.49. The second-order valence-corrected chi connectivity index (χ2v) is 4.97. The Balaban J connectivity index is 1.95. The Labute approximate surface area is 101 Å². The van der Waals surface area contributed by atoms with E-state index in [4.69, 9.17) is 9.47 Å². The van der Waals surface area contributed by atoms with Crippen molar-refractivity contribution in [2.45, 2.75) is 13.0 Å². The van der Waals surface area contributed by atoms with Crippen molar-refractivity contribution >= 4 is 11.5 Å². The minimum absolute atomic E-state index is 0.119. The minimum atomic E-state index is 0.119. The highest BCUT2D eigenvalue weighted by molar-refractivity contribution is 5.67. The maximum absolute atomic E-state index is 5.56. The van der Waals surface area contributed by atoms with Gasteiger partial charge in [0.1, 0.15) is 0 Å². The zero-order valence-corrected chi connectivity index (χ0v) is 10.1. The number of fused-ring (bicyclic) bond motifs is 2. The summed E-state index contributed by atoms with van der Waals surface area (Å²) in [6, 6.07) is 4.17. The summed E-state index contributed by atoms with van der Waals surface area (Å²) in [7, 11) is 1.63. The van der Waals surface area contributed by atoms with Gasteiger partial charge in [-0.25, -0.2) is 0 Å². The van der Waals surface area contributed by atoms with Crippen LogP contribution < -0.4 is 15.4 Å². The molecule has 0 aromatic carbocycles. The summed E-state index contributed by atoms with van der Waals surface area (Å²) in [5, 5.41) is 6.89. The Morgan fingerprint density at radius 1 is 1.53 bits per heavy atom. The molecule has 1 aromatic rings. The number of aromatic nitrogens is 1. The molecule has 3 rings (SSSR count). The molecule has 0 amide bonds. The molecule has 2 N–H and O–H groups in total. The molecule has 0 spiro atoms. The minimum Gasteiger partial charge on any atom is -0.481 e. The van der Waals surface area contributed by atoms with E-state index in [-0.39, 0.29) is 5.41 Å². The van der Waals surface area contributed by atoms with Crippen LogP contribution in [-0.4, -0.2) is 37.9 Å². The number of pyridine rings is 1. The van der Waals surface area contributed by atoms with Crippen LogP contribution in [0.3, 0.4) is 0 Å². The fraction of sp³-hybridized carbons (Fsp3) is 0.583. The molecule has 2 atom stereocenters. The molecule has 0 bridgehead atoms. The van der Waals surface area contributed by atoms with Crippen molar-refractivity contribution in [1.29, 1.82) is 0 Å². The number of anilines is 2. The first-order chi connectivity index (χ1) is 8.21. The van der Waals surface area contributed by atoms with Gasteiger partial charge in [0.05, 0.1) is 32.1 Å². The van der Waals surface area contributed by atoms with Crippen LogP contribution in [0.15, 0.2) is 12.1 Å². The lowest BCUT2D eigenvalue weighted by Gasteiger charge is -2.27. The predicted octanol–water partition coefficient (Wildman–Crippen LogP) is 1.33. The fourth-order valence-corrected chi connectivity index (χ4v) is 2.37. The van der Waals surface area contributed by atoms with Crippen molar-refractivity contribution in [2.75, 3.05) is 37.5 Å². The van der Waals surface area contributed by atoms with Gasteiger partial charge in [-0.1, -0.05) is 6.92 Å². The number of methoxy groups -OCH3 is 1. The third-order valence-electron chi connectivity index (χ3n) is 3.63. The topological polar surface area (TPSA) is 55.4 Å². The van der Waals surface area contributed by atoms with Crippen LogP contribution in [0.4, 0.5) is 11.5 Å². The molecule has 3 heterocycles. The normalized spacial score (nSPS) is 30.6. The molecular weight excluding hydrogens is 218 g/mol. The van der Waals surface area contributed by atoms with Crippen LogP contribution in [0.25, 0.3) is 0 Å².